The van der Waals surface area contributed by atoms with Crippen LogP contribution in [0.4, 0.5) is 0 Å². The minimum absolute atomic E-state index is 0. The summed E-state index contributed by atoms with van der Waals surface area (Å²) in [7, 11) is 1.72. The van der Waals surface area contributed by atoms with Gasteiger partial charge in [-0.15, -0.1) is 12.4 Å². The van der Waals surface area contributed by atoms with Crippen LogP contribution in [-0.2, 0) is 4.79 Å². The molecule has 0 radical (unpaired) electrons. The molecule has 1 aromatic carbocycles. The summed E-state index contributed by atoms with van der Waals surface area (Å²) in [5.41, 5.74) is 0. The van der Waals surface area contributed by atoms with Crippen LogP contribution in [-0.4, -0.2) is 84.6 Å². The number of hydrogen-bond donors (Lipinski definition) is 2. The second kappa shape index (κ2) is 10.5. The van der Waals surface area contributed by atoms with E-state index in [1.807, 2.05) is 31.2 Å². The highest BCUT2D eigenvalue weighted by Gasteiger charge is 2.34. The number of para-hydroxylation sites is 2. The molecule has 0 aromatic heterocycles. The van der Waals surface area contributed by atoms with Crippen LogP contribution < -0.4 is 9.47 Å². The third-order valence-electron chi connectivity index (χ3n) is 4.10. The van der Waals surface area contributed by atoms with Gasteiger partial charge in [0.15, 0.2) is 11.5 Å². The first kappa shape index (κ1) is 21.5. The number of likely N-dealkylation sites (N-methyl/N-ethyl adjacent to an activating group) is 1. The molecule has 7 nitrogen and oxygen atoms in total. The molecule has 0 bridgehead atoms. The van der Waals surface area contributed by atoms with E-state index < -0.39 is 12.1 Å². The van der Waals surface area contributed by atoms with Gasteiger partial charge in [0.05, 0.1) is 19.3 Å². The van der Waals surface area contributed by atoms with Gasteiger partial charge in [0.2, 0.25) is 0 Å². The number of β-amino-alcohol motifs (C(OH)–C–C–N with tert-alkyl or cyclic N) is 1. The van der Waals surface area contributed by atoms with Gasteiger partial charge in [0, 0.05) is 25.7 Å². The smallest absolute Gasteiger partial charge is 0.317 e. The molecule has 1 aliphatic heterocycles. The monoisotopic (exact) mass is 374 g/mol. The maximum Gasteiger partial charge on any atom is 0.317 e. The SMILES string of the molecule is CCOc1ccccc1OCCN1CC(N(C)CC(=O)O)[C@H](O)C1.Cl. The molecule has 1 fully saturated rings. The highest BCUT2D eigenvalue weighted by molar-refractivity contribution is 5.85. The van der Waals surface area contributed by atoms with E-state index in [2.05, 4.69) is 4.90 Å². The van der Waals surface area contributed by atoms with Crippen LogP contribution in [0, 0.1) is 0 Å². The van der Waals surface area contributed by atoms with Crippen LogP contribution in [0.15, 0.2) is 24.3 Å². The summed E-state index contributed by atoms with van der Waals surface area (Å²) in [5.74, 6) is 0.540. The number of carboxylic acids is 1. The van der Waals surface area contributed by atoms with Crippen molar-refractivity contribution in [2.24, 2.45) is 0 Å². The minimum atomic E-state index is -0.890. The van der Waals surface area contributed by atoms with Crippen LogP contribution in [0.2, 0.25) is 0 Å². The van der Waals surface area contributed by atoms with E-state index in [9.17, 15) is 9.90 Å². The van der Waals surface area contributed by atoms with Gasteiger partial charge >= 0.3 is 5.97 Å². The summed E-state index contributed by atoms with van der Waals surface area (Å²) in [6, 6.07) is 7.37. The molecule has 1 unspecified atom stereocenters. The van der Waals surface area contributed by atoms with Gasteiger partial charge in [-0.3, -0.25) is 14.6 Å². The van der Waals surface area contributed by atoms with E-state index in [1.165, 1.54) is 0 Å². The van der Waals surface area contributed by atoms with E-state index in [1.54, 1.807) is 11.9 Å². The Balaban J connectivity index is 0.00000312. The second-order valence-corrected chi connectivity index (χ2v) is 5.93. The van der Waals surface area contributed by atoms with E-state index >= 15 is 0 Å². The summed E-state index contributed by atoms with van der Waals surface area (Å²) in [6.45, 7) is 4.72. The molecular weight excluding hydrogens is 348 g/mol. The molecule has 25 heavy (non-hydrogen) atoms. The molecule has 0 saturated carbocycles. The molecule has 0 spiro atoms. The van der Waals surface area contributed by atoms with E-state index in [-0.39, 0.29) is 25.0 Å². The van der Waals surface area contributed by atoms with Crippen LogP contribution in [0.3, 0.4) is 0 Å². The summed E-state index contributed by atoms with van der Waals surface area (Å²) in [5, 5.41) is 19.0. The van der Waals surface area contributed by atoms with Crippen molar-refractivity contribution in [2.45, 2.75) is 19.1 Å². The number of aliphatic hydroxyl groups is 1. The number of halogens is 1. The van der Waals surface area contributed by atoms with Crippen molar-refractivity contribution < 1.29 is 24.5 Å². The number of rotatable bonds is 9. The van der Waals surface area contributed by atoms with Gasteiger partial charge in [-0.2, -0.15) is 0 Å². The van der Waals surface area contributed by atoms with Crippen molar-refractivity contribution in [3.63, 3.8) is 0 Å². The Morgan fingerprint density at radius 1 is 1.28 bits per heavy atom. The van der Waals surface area contributed by atoms with E-state index in [4.69, 9.17) is 14.6 Å². The third-order valence-corrected chi connectivity index (χ3v) is 4.10. The Hall–Kier alpha value is -1.54. The van der Waals surface area contributed by atoms with Gasteiger partial charge in [0.1, 0.15) is 6.61 Å². The molecule has 0 aliphatic carbocycles. The van der Waals surface area contributed by atoms with Crippen molar-refractivity contribution in [3.8, 4) is 11.5 Å². The van der Waals surface area contributed by atoms with Gasteiger partial charge < -0.3 is 19.7 Å². The molecule has 1 aliphatic rings. The van der Waals surface area contributed by atoms with Crippen LogP contribution >= 0.6 is 12.4 Å². The molecule has 0 amide bonds. The molecule has 1 heterocycles. The fourth-order valence-corrected chi connectivity index (χ4v) is 2.92. The number of benzene rings is 1. The van der Waals surface area contributed by atoms with Crippen molar-refractivity contribution in [1.29, 1.82) is 0 Å². The molecule has 1 aromatic rings. The number of carboxylic acid groups (broad SMARTS) is 1. The zero-order valence-electron chi connectivity index (χ0n) is 14.6. The lowest BCUT2D eigenvalue weighted by Gasteiger charge is -2.24. The Labute approximate surface area is 154 Å². The van der Waals surface area contributed by atoms with Crippen molar-refractivity contribution >= 4 is 18.4 Å². The number of hydrogen-bond acceptors (Lipinski definition) is 6. The summed E-state index contributed by atoms with van der Waals surface area (Å²) >= 11 is 0. The summed E-state index contributed by atoms with van der Waals surface area (Å²) in [6.07, 6.45) is -0.551. The van der Waals surface area contributed by atoms with Gasteiger partial charge in [-0.25, -0.2) is 0 Å². The minimum Gasteiger partial charge on any atom is -0.490 e. The average molecular weight is 375 g/mol. The number of aliphatic hydroxyl groups excluding tert-OH is 1. The predicted octanol–water partition coefficient (Wildman–Crippen LogP) is 0.947. The largest absolute Gasteiger partial charge is 0.490 e. The fourth-order valence-electron chi connectivity index (χ4n) is 2.92. The zero-order chi connectivity index (χ0) is 17.5. The molecule has 2 rings (SSSR count). The average Bonchev–Trinajstić information content (AvgIpc) is 2.89. The molecule has 1 saturated heterocycles. The van der Waals surface area contributed by atoms with Crippen molar-refractivity contribution in [1.82, 2.24) is 9.80 Å². The molecule has 142 valence electrons. The fraction of sp³-hybridized carbons (Fsp3) is 0.588. The van der Waals surface area contributed by atoms with Gasteiger partial charge in [-0.1, -0.05) is 12.1 Å². The Morgan fingerprint density at radius 2 is 1.92 bits per heavy atom. The molecule has 8 heteroatoms. The molecular formula is C17H27ClN2O5. The maximum absolute atomic E-state index is 10.8. The van der Waals surface area contributed by atoms with E-state index in [0.717, 1.165) is 5.75 Å². The van der Waals surface area contributed by atoms with Gasteiger partial charge in [0.25, 0.3) is 0 Å². The van der Waals surface area contributed by atoms with Crippen LogP contribution in [0.5, 0.6) is 11.5 Å². The lowest BCUT2D eigenvalue weighted by molar-refractivity contribution is -0.138. The summed E-state index contributed by atoms with van der Waals surface area (Å²) < 4.78 is 11.3. The third kappa shape index (κ3) is 6.36. The first-order valence-electron chi connectivity index (χ1n) is 8.18. The first-order valence-corrected chi connectivity index (χ1v) is 8.18. The number of aliphatic carboxylic acids is 1. The summed E-state index contributed by atoms with van der Waals surface area (Å²) in [4.78, 5) is 14.6. The van der Waals surface area contributed by atoms with Crippen LogP contribution in [0.25, 0.3) is 0 Å². The lowest BCUT2D eigenvalue weighted by atomic mass is 10.2. The highest BCUT2D eigenvalue weighted by Crippen LogP contribution is 2.26. The van der Waals surface area contributed by atoms with Gasteiger partial charge in [-0.05, 0) is 26.1 Å². The Morgan fingerprint density at radius 3 is 2.52 bits per heavy atom. The van der Waals surface area contributed by atoms with Crippen molar-refractivity contribution in [2.75, 3.05) is 46.4 Å². The van der Waals surface area contributed by atoms with Crippen molar-refractivity contribution in [3.05, 3.63) is 24.3 Å². The Kier molecular flexibility index (Phi) is 8.99. The molecule has 2 atom stereocenters. The number of nitrogens with zero attached hydrogens (tertiary/aromatic N) is 2. The topological polar surface area (TPSA) is 82.5 Å². The lowest BCUT2D eigenvalue weighted by Crippen LogP contribution is -2.43. The maximum atomic E-state index is 10.8. The second-order valence-electron chi connectivity index (χ2n) is 5.93. The number of carbonyl (C=O) groups is 1. The van der Waals surface area contributed by atoms with E-state index in [0.29, 0.717) is 38.6 Å². The first-order chi connectivity index (χ1) is 11.5. The zero-order valence-corrected chi connectivity index (χ0v) is 15.4. The standard InChI is InChI=1S/C17H26N2O5.ClH/c1-3-23-15-6-4-5-7-16(15)24-9-8-19-10-13(14(20)11-19)18(2)12-17(21)22;/h4-7,13-14,20H,3,8-12H2,1-2H3,(H,21,22);1H/t13?,14-;/m1./s1. The predicted molar refractivity (Wildman–Crippen MR) is 96.9 cm³/mol. The normalized spacial score (nSPS) is 20.3. The Bertz CT molecular complexity index is 546. The quantitative estimate of drug-likeness (QED) is 0.665. The van der Waals surface area contributed by atoms with Crippen LogP contribution in [0.1, 0.15) is 6.92 Å². The molecule has 2 N–H and O–H groups in total. The number of ether oxygens (including phenoxy) is 2. The number of likely N-dealkylation sites (tertiary alicyclic amines) is 1. The highest BCUT2D eigenvalue weighted by atomic mass is 35.5.